The molecule has 0 aromatic rings. The lowest BCUT2D eigenvalue weighted by molar-refractivity contribution is -0.158. The highest BCUT2D eigenvalue weighted by molar-refractivity contribution is 6.32. The molecule has 1 heterocycles. The van der Waals surface area contributed by atoms with Gasteiger partial charge in [0, 0.05) is 13.1 Å². The van der Waals surface area contributed by atoms with Crippen LogP contribution in [0, 0.1) is 0 Å². The van der Waals surface area contributed by atoms with Crippen molar-refractivity contribution in [2.75, 3.05) is 20.2 Å². The number of hydrogen-bond acceptors (Lipinski definition) is 3. The first-order valence-corrected chi connectivity index (χ1v) is 4.18. The van der Waals surface area contributed by atoms with Crippen LogP contribution in [0.1, 0.15) is 13.3 Å². The molecule has 0 aromatic carbocycles. The fraction of sp³-hybridized carbons (Fsp3) is 0.556. The van der Waals surface area contributed by atoms with Crippen molar-refractivity contribution in [1.29, 1.82) is 0 Å². The first kappa shape index (κ1) is 9.77. The van der Waals surface area contributed by atoms with Gasteiger partial charge in [0.05, 0.1) is 7.11 Å². The summed E-state index contributed by atoms with van der Waals surface area (Å²) < 4.78 is 4.34. The Morgan fingerprint density at radius 2 is 2.23 bits per heavy atom. The summed E-state index contributed by atoms with van der Waals surface area (Å²) in [6.45, 7) is 3.13. The Bertz CT molecular complexity index is 258. The van der Waals surface area contributed by atoms with Gasteiger partial charge in [-0.2, -0.15) is 0 Å². The van der Waals surface area contributed by atoms with Crippen LogP contribution in [0.4, 0.5) is 0 Å². The summed E-state index contributed by atoms with van der Waals surface area (Å²) in [5, 5.41) is 0. The fourth-order valence-corrected chi connectivity index (χ4v) is 1.17. The first-order valence-electron chi connectivity index (χ1n) is 4.18. The number of methoxy groups -OCH3 is 1. The van der Waals surface area contributed by atoms with Crippen molar-refractivity contribution in [3.05, 3.63) is 11.6 Å². The zero-order valence-corrected chi connectivity index (χ0v) is 7.87. The maximum atomic E-state index is 11.3. The van der Waals surface area contributed by atoms with E-state index in [0.29, 0.717) is 13.1 Å². The van der Waals surface area contributed by atoms with Crippen LogP contribution in [0.3, 0.4) is 0 Å². The Morgan fingerprint density at radius 1 is 1.54 bits per heavy atom. The summed E-state index contributed by atoms with van der Waals surface area (Å²) in [5.74, 6) is -1.33. The van der Waals surface area contributed by atoms with Crippen LogP contribution in [-0.2, 0) is 14.3 Å². The van der Waals surface area contributed by atoms with Crippen molar-refractivity contribution in [3.63, 3.8) is 0 Å². The molecule has 1 rings (SSSR count). The van der Waals surface area contributed by atoms with Crippen molar-refractivity contribution in [2.24, 2.45) is 0 Å². The first-order chi connectivity index (χ1) is 6.15. The minimum Gasteiger partial charge on any atom is -0.462 e. The van der Waals surface area contributed by atoms with Gasteiger partial charge in [0.25, 0.3) is 0 Å². The predicted octanol–water partition coefficient (Wildman–Crippen LogP) is 0.338. The number of hydrogen-bond donors (Lipinski definition) is 0. The molecule has 4 nitrogen and oxygen atoms in total. The predicted molar refractivity (Wildman–Crippen MR) is 47.0 cm³/mol. The van der Waals surface area contributed by atoms with E-state index in [1.165, 1.54) is 17.6 Å². The molecule has 0 N–H and O–H groups in total. The molecule has 0 spiro atoms. The van der Waals surface area contributed by atoms with Crippen molar-refractivity contribution in [2.45, 2.75) is 13.3 Å². The van der Waals surface area contributed by atoms with Gasteiger partial charge in [0.15, 0.2) is 0 Å². The fourth-order valence-electron chi connectivity index (χ4n) is 1.17. The maximum Gasteiger partial charge on any atom is 0.396 e. The van der Waals surface area contributed by atoms with Crippen LogP contribution in [0.25, 0.3) is 0 Å². The highest BCUT2D eigenvalue weighted by atomic mass is 16.5. The summed E-state index contributed by atoms with van der Waals surface area (Å²) in [4.78, 5) is 23.6. The largest absolute Gasteiger partial charge is 0.462 e. The van der Waals surface area contributed by atoms with E-state index in [4.69, 9.17) is 0 Å². The molecular formula is C9H13NO3. The summed E-state index contributed by atoms with van der Waals surface area (Å²) >= 11 is 0. The molecule has 13 heavy (non-hydrogen) atoms. The third-order valence-electron chi connectivity index (χ3n) is 2.08. The van der Waals surface area contributed by atoms with Gasteiger partial charge < -0.3 is 9.64 Å². The smallest absolute Gasteiger partial charge is 0.396 e. The molecule has 4 heteroatoms. The van der Waals surface area contributed by atoms with Crippen LogP contribution >= 0.6 is 0 Å². The minimum absolute atomic E-state index is 0.514. The SMILES string of the molecule is COC(=O)C(=O)N1CC=C(C)CC1. The summed E-state index contributed by atoms with van der Waals surface area (Å²) in [6, 6.07) is 0. The second-order valence-electron chi connectivity index (χ2n) is 3.04. The number of carbonyl (C=O) groups excluding carboxylic acids is 2. The lowest BCUT2D eigenvalue weighted by atomic mass is 10.1. The molecule has 0 bridgehead atoms. The molecule has 0 atom stereocenters. The van der Waals surface area contributed by atoms with E-state index in [1.807, 2.05) is 13.0 Å². The average molecular weight is 183 g/mol. The molecule has 0 saturated carbocycles. The number of nitrogens with zero attached hydrogens (tertiary/aromatic N) is 1. The van der Waals surface area contributed by atoms with E-state index in [9.17, 15) is 9.59 Å². The average Bonchev–Trinajstić information content (AvgIpc) is 2.17. The molecule has 1 aliphatic rings. The Balaban J connectivity index is 2.55. The van der Waals surface area contributed by atoms with Gasteiger partial charge in [-0.15, -0.1) is 0 Å². The van der Waals surface area contributed by atoms with Gasteiger partial charge in [-0.1, -0.05) is 11.6 Å². The van der Waals surface area contributed by atoms with Gasteiger partial charge in [-0.3, -0.25) is 4.79 Å². The summed E-state index contributed by atoms with van der Waals surface area (Å²) in [6.07, 6.45) is 2.78. The molecule has 0 aliphatic carbocycles. The van der Waals surface area contributed by atoms with Crippen LogP contribution in [-0.4, -0.2) is 37.0 Å². The lowest BCUT2D eigenvalue weighted by Crippen LogP contribution is -2.39. The highest BCUT2D eigenvalue weighted by Gasteiger charge is 2.22. The Labute approximate surface area is 77.2 Å². The maximum absolute atomic E-state index is 11.3. The normalized spacial score (nSPS) is 16.5. The third-order valence-corrected chi connectivity index (χ3v) is 2.08. The number of esters is 1. The summed E-state index contributed by atoms with van der Waals surface area (Å²) in [5.41, 5.74) is 1.26. The second kappa shape index (κ2) is 4.07. The zero-order chi connectivity index (χ0) is 9.84. The number of amides is 1. The van der Waals surface area contributed by atoms with E-state index in [1.54, 1.807) is 0 Å². The molecule has 72 valence electrons. The van der Waals surface area contributed by atoms with E-state index in [-0.39, 0.29) is 0 Å². The highest BCUT2D eigenvalue weighted by Crippen LogP contribution is 2.09. The zero-order valence-electron chi connectivity index (χ0n) is 7.87. The monoisotopic (exact) mass is 183 g/mol. The molecule has 0 aromatic heterocycles. The van der Waals surface area contributed by atoms with Crippen LogP contribution in [0.2, 0.25) is 0 Å². The topological polar surface area (TPSA) is 46.6 Å². The van der Waals surface area contributed by atoms with Gasteiger partial charge >= 0.3 is 11.9 Å². The molecule has 0 fully saturated rings. The quantitative estimate of drug-likeness (QED) is 0.309. The second-order valence-corrected chi connectivity index (χ2v) is 3.04. The van der Waals surface area contributed by atoms with Crippen molar-refractivity contribution < 1.29 is 14.3 Å². The molecule has 0 radical (unpaired) electrons. The summed E-state index contributed by atoms with van der Waals surface area (Å²) in [7, 11) is 1.21. The Hall–Kier alpha value is -1.32. The Kier molecular flexibility index (Phi) is 3.06. The van der Waals surface area contributed by atoms with E-state index < -0.39 is 11.9 Å². The van der Waals surface area contributed by atoms with Crippen LogP contribution in [0.5, 0.6) is 0 Å². The number of ether oxygens (including phenoxy) is 1. The molecular weight excluding hydrogens is 170 g/mol. The third kappa shape index (κ3) is 2.31. The van der Waals surface area contributed by atoms with Crippen molar-refractivity contribution >= 4 is 11.9 Å². The van der Waals surface area contributed by atoms with Crippen LogP contribution in [0.15, 0.2) is 11.6 Å². The number of rotatable bonds is 0. The molecule has 1 aliphatic heterocycles. The van der Waals surface area contributed by atoms with Crippen LogP contribution < -0.4 is 0 Å². The number of carbonyl (C=O) groups is 2. The van der Waals surface area contributed by atoms with Crippen molar-refractivity contribution in [1.82, 2.24) is 4.90 Å². The van der Waals surface area contributed by atoms with E-state index >= 15 is 0 Å². The van der Waals surface area contributed by atoms with Crippen molar-refractivity contribution in [3.8, 4) is 0 Å². The van der Waals surface area contributed by atoms with Gasteiger partial charge in [0.1, 0.15) is 0 Å². The Morgan fingerprint density at radius 3 is 2.69 bits per heavy atom. The standard InChI is InChI=1S/C9H13NO3/c1-7-3-5-10(6-4-7)8(11)9(12)13-2/h3H,4-6H2,1-2H3. The van der Waals surface area contributed by atoms with E-state index in [2.05, 4.69) is 4.74 Å². The molecule has 0 saturated heterocycles. The lowest BCUT2D eigenvalue weighted by Gasteiger charge is -2.23. The van der Waals surface area contributed by atoms with E-state index in [0.717, 1.165) is 6.42 Å². The van der Waals surface area contributed by atoms with Gasteiger partial charge in [0.2, 0.25) is 0 Å². The van der Waals surface area contributed by atoms with Gasteiger partial charge in [-0.05, 0) is 13.3 Å². The molecule has 1 amide bonds. The molecule has 0 unspecified atom stereocenters. The van der Waals surface area contributed by atoms with Gasteiger partial charge in [-0.25, -0.2) is 4.79 Å². The minimum atomic E-state index is -0.784.